The van der Waals surface area contributed by atoms with Crippen molar-refractivity contribution in [3.05, 3.63) is 35.4 Å². The van der Waals surface area contributed by atoms with E-state index in [9.17, 15) is 0 Å². The third kappa shape index (κ3) is 2.34. The Morgan fingerprint density at radius 1 is 1.29 bits per heavy atom. The fourth-order valence-corrected chi connectivity index (χ4v) is 3.56. The summed E-state index contributed by atoms with van der Waals surface area (Å²) in [6.45, 7) is 3.23. The van der Waals surface area contributed by atoms with Crippen LogP contribution in [0.3, 0.4) is 0 Å². The molecule has 0 bridgehead atoms. The van der Waals surface area contributed by atoms with Crippen LogP contribution in [0.15, 0.2) is 29.3 Å². The van der Waals surface area contributed by atoms with E-state index in [1.807, 2.05) is 11.8 Å². The quantitative estimate of drug-likeness (QED) is 0.867. The zero-order chi connectivity index (χ0) is 11.7. The lowest BCUT2D eigenvalue weighted by atomic mass is 10.1. The Hall–Kier alpha value is -0.960. The summed E-state index contributed by atoms with van der Waals surface area (Å²) in [6, 6.07) is 9.31. The number of nitrogens with zero attached hydrogens (tertiary/aromatic N) is 1. The van der Waals surface area contributed by atoms with Crippen molar-refractivity contribution in [2.24, 2.45) is 4.99 Å². The molecule has 0 amide bonds. The molecule has 1 aliphatic heterocycles. The molecule has 2 aliphatic rings. The van der Waals surface area contributed by atoms with Gasteiger partial charge in [0.2, 0.25) is 0 Å². The molecule has 1 N–H and O–H groups in total. The summed E-state index contributed by atoms with van der Waals surface area (Å²) in [5.74, 6) is 0. The Morgan fingerprint density at radius 2 is 2.00 bits per heavy atom. The van der Waals surface area contributed by atoms with Gasteiger partial charge in [0.25, 0.3) is 0 Å². The summed E-state index contributed by atoms with van der Waals surface area (Å²) in [6.07, 6.45) is 3.50. The van der Waals surface area contributed by atoms with Gasteiger partial charge in [-0.15, -0.1) is 0 Å². The average molecular weight is 246 g/mol. The van der Waals surface area contributed by atoms with Crippen molar-refractivity contribution in [3.63, 3.8) is 0 Å². The van der Waals surface area contributed by atoms with E-state index in [0.717, 1.165) is 24.6 Å². The number of nitrogens with one attached hydrogen (secondary N) is 1. The minimum Gasteiger partial charge on any atom is -0.362 e. The van der Waals surface area contributed by atoms with Crippen LogP contribution in [0.25, 0.3) is 0 Å². The van der Waals surface area contributed by atoms with Crippen LogP contribution in [0, 0.1) is 0 Å². The van der Waals surface area contributed by atoms with E-state index in [1.54, 1.807) is 0 Å². The van der Waals surface area contributed by atoms with Gasteiger partial charge in [-0.25, -0.2) is 0 Å². The van der Waals surface area contributed by atoms with E-state index in [1.165, 1.54) is 17.5 Å². The Balaban J connectivity index is 1.59. The minimum absolute atomic E-state index is 0.550. The highest BCUT2D eigenvalue weighted by Gasteiger charge is 2.24. The summed E-state index contributed by atoms with van der Waals surface area (Å²) in [5, 5.41) is 5.46. The maximum atomic E-state index is 4.58. The number of hydrogen-bond donors (Lipinski definition) is 1. The third-order valence-corrected chi connectivity index (χ3v) is 4.84. The molecule has 0 radical (unpaired) electrons. The van der Waals surface area contributed by atoms with Crippen LogP contribution >= 0.6 is 11.8 Å². The topological polar surface area (TPSA) is 24.4 Å². The molecular formula is C14H18N2S. The first-order valence-corrected chi connectivity index (χ1v) is 7.27. The minimum atomic E-state index is 0.550. The molecule has 1 aliphatic carbocycles. The van der Waals surface area contributed by atoms with Crippen molar-refractivity contribution < 1.29 is 0 Å². The fraction of sp³-hybridized carbons (Fsp3) is 0.500. The van der Waals surface area contributed by atoms with E-state index in [2.05, 4.69) is 41.5 Å². The molecule has 0 saturated carbocycles. The van der Waals surface area contributed by atoms with Crippen molar-refractivity contribution in [2.45, 2.75) is 37.5 Å². The Bertz CT molecular complexity index is 417. The van der Waals surface area contributed by atoms with Crippen LogP contribution in [0.5, 0.6) is 0 Å². The molecule has 1 heterocycles. The second kappa shape index (κ2) is 4.73. The lowest BCUT2D eigenvalue weighted by Crippen LogP contribution is -2.33. The van der Waals surface area contributed by atoms with E-state index < -0.39 is 0 Å². The number of fused-ring (bicyclic) bond motifs is 1. The summed E-state index contributed by atoms with van der Waals surface area (Å²) in [4.78, 5) is 4.58. The van der Waals surface area contributed by atoms with Gasteiger partial charge >= 0.3 is 0 Å². The molecule has 3 rings (SSSR count). The van der Waals surface area contributed by atoms with Crippen LogP contribution in [0.1, 0.15) is 24.5 Å². The normalized spacial score (nSPS) is 23.6. The molecule has 0 saturated heterocycles. The van der Waals surface area contributed by atoms with Gasteiger partial charge in [-0.3, -0.25) is 4.99 Å². The largest absolute Gasteiger partial charge is 0.362 e. The van der Waals surface area contributed by atoms with E-state index >= 15 is 0 Å². The van der Waals surface area contributed by atoms with Crippen molar-refractivity contribution in [1.82, 2.24) is 5.32 Å². The highest BCUT2D eigenvalue weighted by atomic mass is 32.2. The predicted molar refractivity (Wildman–Crippen MR) is 74.7 cm³/mol. The van der Waals surface area contributed by atoms with Gasteiger partial charge in [0.05, 0.1) is 6.54 Å². The molecule has 2 nitrogen and oxygen atoms in total. The van der Waals surface area contributed by atoms with Gasteiger partial charge in [0, 0.05) is 11.3 Å². The molecule has 17 heavy (non-hydrogen) atoms. The number of benzene rings is 1. The maximum absolute atomic E-state index is 4.58. The molecule has 0 fully saturated rings. The lowest BCUT2D eigenvalue weighted by molar-refractivity contribution is 0.648. The molecule has 0 aromatic heterocycles. The number of thioether (sulfide) groups is 1. The smallest absolute Gasteiger partial charge is 0.157 e. The molecule has 1 atom stereocenters. The summed E-state index contributed by atoms with van der Waals surface area (Å²) < 4.78 is 0. The van der Waals surface area contributed by atoms with Crippen molar-refractivity contribution in [3.8, 4) is 0 Å². The van der Waals surface area contributed by atoms with Crippen LogP contribution in [-0.4, -0.2) is 23.0 Å². The van der Waals surface area contributed by atoms with Gasteiger partial charge in [-0.05, 0) is 30.4 Å². The highest BCUT2D eigenvalue weighted by molar-refractivity contribution is 8.14. The summed E-state index contributed by atoms with van der Waals surface area (Å²) >= 11 is 1.92. The number of hydrogen-bond acceptors (Lipinski definition) is 3. The standard InChI is InChI=1S/C14H18N2S/c1-2-13-9-15-14(17-13)16-12-7-10-5-3-4-6-11(10)8-12/h3-6,12-13H,2,7-9H2,1H3,(H,15,16). The van der Waals surface area contributed by atoms with Gasteiger partial charge in [-0.1, -0.05) is 43.0 Å². The fourth-order valence-electron chi connectivity index (χ4n) is 2.54. The number of aliphatic imine (C=N–C) groups is 1. The van der Waals surface area contributed by atoms with Gasteiger partial charge < -0.3 is 5.32 Å². The zero-order valence-electron chi connectivity index (χ0n) is 10.1. The third-order valence-electron chi connectivity index (χ3n) is 3.55. The second-order valence-electron chi connectivity index (χ2n) is 4.81. The molecular weight excluding hydrogens is 228 g/mol. The Morgan fingerprint density at radius 3 is 2.59 bits per heavy atom. The first-order valence-electron chi connectivity index (χ1n) is 6.39. The highest BCUT2D eigenvalue weighted by Crippen LogP contribution is 2.25. The van der Waals surface area contributed by atoms with Crippen LogP contribution in [0.2, 0.25) is 0 Å². The summed E-state index contributed by atoms with van der Waals surface area (Å²) in [5.41, 5.74) is 3.00. The Labute approximate surface area is 107 Å². The van der Waals surface area contributed by atoms with Gasteiger partial charge in [0.15, 0.2) is 5.17 Å². The average Bonchev–Trinajstić information content (AvgIpc) is 2.94. The van der Waals surface area contributed by atoms with Crippen molar-refractivity contribution in [2.75, 3.05) is 6.54 Å². The molecule has 90 valence electrons. The zero-order valence-corrected chi connectivity index (χ0v) is 11.0. The molecule has 1 aromatic carbocycles. The Kier molecular flexibility index (Phi) is 3.10. The lowest BCUT2D eigenvalue weighted by Gasteiger charge is -2.13. The van der Waals surface area contributed by atoms with E-state index in [-0.39, 0.29) is 0 Å². The maximum Gasteiger partial charge on any atom is 0.157 e. The van der Waals surface area contributed by atoms with Crippen molar-refractivity contribution >= 4 is 16.9 Å². The first-order chi connectivity index (χ1) is 8.35. The molecule has 0 spiro atoms. The number of rotatable bonds is 2. The number of amidine groups is 1. The first kappa shape index (κ1) is 11.1. The van der Waals surface area contributed by atoms with Gasteiger partial charge in [-0.2, -0.15) is 0 Å². The summed E-state index contributed by atoms with van der Waals surface area (Å²) in [7, 11) is 0. The predicted octanol–water partition coefficient (Wildman–Crippen LogP) is 2.62. The molecule has 1 unspecified atom stereocenters. The van der Waals surface area contributed by atoms with Gasteiger partial charge in [0.1, 0.15) is 0 Å². The van der Waals surface area contributed by atoms with Crippen molar-refractivity contribution in [1.29, 1.82) is 0 Å². The van der Waals surface area contributed by atoms with Crippen LogP contribution in [-0.2, 0) is 12.8 Å². The van der Waals surface area contributed by atoms with E-state index in [0.29, 0.717) is 11.3 Å². The van der Waals surface area contributed by atoms with E-state index in [4.69, 9.17) is 0 Å². The molecule has 3 heteroatoms. The van der Waals surface area contributed by atoms with Crippen LogP contribution < -0.4 is 5.32 Å². The monoisotopic (exact) mass is 246 g/mol. The molecule has 1 aromatic rings. The SMILES string of the molecule is CCC1CN=C(NC2Cc3ccccc3C2)S1. The second-order valence-corrected chi connectivity index (χ2v) is 6.10. The van der Waals surface area contributed by atoms with Crippen LogP contribution in [0.4, 0.5) is 0 Å².